The third-order valence-corrected chi connectivity index (χ3v) is 6.87. The second-order valence-corrected chi connectivity index (χ2v) is 8.64. The van der Waals surface area contributed by atoms with Gasteiger partial charge in [0.05, 0.1) is 0 Å². The SMILES string of the molecule is NC1(C(=O)N2C3CCC2CC(c2cccc(O)c2)C3)Cc2ccccc2C1. The molecular formula is C23H26N2O2. The van der Waals surface area contributed by atoms with E-state index in [2.05, 4.69) is 23.1 Å². The number of hydrogen-bond acceptors (Lipinski definition) is 3. The zero-order chi connectivity index (χ0) is 18.6. The van der Waals surface area contributed by atoms with E-state index in [4.69, 9.17) is 5.73 Å². The van der Waals surface area contributed by atoms with Crippen molar-refractivity contribution in [2.45, 2.75) is 62.1 Å². The average Bonchev–Trinajstić information content (AvgIpc) is 3.14. The normalized spacial score (nSPS) is 28.2. The number of rotatable bonds is 2. The van der Waals surface area contributed by atoms with E-state index in [-0.39, 0.29) is 18.0 Å². The van der Waals surface area contributed by atoms with Gasteiger partial charge < -0.3 is 15.7 Å². The molecule has 2 unspecified atom stereocenters. The van der Waals surface area contributed by atoms with Gasteiger partial charge in [-0.3, -0.25) is 4.79 Å². The lowest BCUT2D eigenvalue weighted by atomic mass is 9.83. The number of carbonyl (C=O) groups is 1. The molecule has 140 valence electrons. The van der Waals surface area contributed by atoms with E-state index in [1.807, 2.05) is 24.3 Å². The standard InChI is InChI=1S/C23H26N2O2/c24-23(13-16-4-1-2-5-17(16)14-23)22(27)25-19-8-9-20(25)11-18(10-19)15-6-3-7-21(26)12-15/h1-7,12,18-20,26H,8-11,13-14,24H2. The van der Waals surface area contributed by atoms with Crippen LogP contribution in [0.25, 0.3) is 0 Å². The molecule has 2 heterocycles. The summed E-state index contributed by atoms with van der Waals surface area (Å²) in [7, 11) is 0. The van der Waals surface area contributed by atoms with E-state index in [1.165, 1.54) is 16.7 Å². The van der Waals surface area contributed by atoms with Crippen LogP contribution in [-0.2, 0) is 17.6 Å². The molecular weight excluding hydrogens is 336 g/mol. The fraction of sp³-hybridized carbons (Fsp3) is 0.435. The predicted octanol–water partition coefficient (Wildman–Crippen LogP) is 3.13. The minimum atomic E-state index is -0.789. The summed E-state index contributed by atoms with van der Waals surface area (Å²) in [6.07, 6.45) is 5.36. The molecule has 5 rings (SSSR count). The first-order chi connectivity index (χ1) is 13.0. The molecule has 2 saturated heterocycles. The van der Waals surface area contributed by atoms with Crippen LogP contribution in [0.4, 0.5) is 0 Å². The third kappa shape index (κ3) is 2.74. The van der Waals surface area contributed by atoms with Gasteiger partial charge in [-0.15, -0.1) is 0 Å². The van der Waals surface area contributed by atoms with Crippen LogP contribution in [0.5, 0.6) is 5.75 Å². The van der Waals surface area contributed by atoms with Crippen LogP contribution >= 0.6 is 0 Å². The number of amides is 1. The number of nitrogens with zero attached hydrogens (tertiary/aromatic N) is 1. The van der Waals surface area contributed by atoms with Crippen molar-refractivity contribution in [3.05, 3.63) is 65.2 Å². The van der Waals surface area contributed by atoms with Gasteiger partial charge >= 0.3 is 0 Å². The molecule has 4 heteroatoms. The highest BCUT2D eigenvalue weighted by molar-refractivity contribution is 5.89. The van der Waals surface area contributed by atoms with Gasteiger partial charge in [0.15, 0.2) is 0 Å². The first kappa shape index (κ1) is 16.8. The van der Waals surface area contributed by atoms with Gasteiger partial charge in [-0.05, 0) is 73.3 Å². The fourth-order valence-corrected chi connectivity index (χ4v) is 5.61. The minimum absolute atomic E-state index is 0.139. The number of carbonyl (C=O) groups excluding carboxylic acids is 1. The molecule has 2 aliphatic heterocycles. The summed E-state index contributed by atoms with van der Waals surface area (Å²) < 4.78 is 0. The molecule has 2 aromatic rings. The summed E-state index contributed by atoms with van der Waals surface area (Å²) >= 11 is 0. The molecule has 0 radical (unpaired) electrons. The number of hydrogen-bond donors (Lipinski definition) is 2. The number of aromatic hydroxyl groups is 1. The van der Waals surface area contributed by atoms with Gasteiger partial charge in [-0.2, -0.15) is 0 Å². The highest BCUT2D eigenvalue weighted by Gasteiger charge is 2.50. The van der Waals surface area contributed by atoms with Crippen molar-refractivity contribution in [3.8, 4) is 5.75 Å². The zero-order valence-corrected chi connectivity index (χ0v) is 15.5. The predicted molar refractivity (Wildman–Crippen MR) is 105 cm³/mol. The molecule has 0 aromatic heterocycles. The van der Waals surface area contributed by atoms with Crippen molar-refractivity contribution in [2.75, 3.05) is 0 Å². The number of benzene rings is 2. The second kappa shape index (κ2) is 6.10. The lowest BCUT2D eigenvalue weighted by molar-refractivity contribution is -0.141. The number of piperidine rings is 1. The Balaban J connectivity index is 1.36. The molecule has 27 heavy (non-hydrogen) atoms. The lowest BCUT2D eigenvalue weighted by Gasteiger charge is -2.42. The quantitative estimate of drug-likeness (QED) is 0.863. The maximum Gasteiger partial charge on any atom is 0.243 e. The zero-order valence-electron chi connectivity index (χ0n) is 15.5. The average molecular weight is 362 g/mol. The van der Waals surface area contributed by atoms with Crippen LogP contribution in [0.1, 0.15) is 48.3 Å². The van der Waals surface area contributed by atoms with E-state index in [0.717, 1.165) is 25.7 Å². The Hall–Kier alpha value is -2.33. The summed E-state index contributed by atoms with van der Waals surface area (Å²) in [5.41, 5.74) is 9.51. The smallest absolute Gasteiger partial charge is 0.243 e. The van der Waals surface area contributed by atoms with Crippen molar-refractivity contribution >= 4 is 5.91 Å². The van der Waals surface area contributed by atoms with Crippen LogP contribution in [0.15, 0.2) is 48.5 Å². The van der Waals surface area contributed by atoms with Crippen molar-refractivity contribution in [1.29, 1.82) is 0 Å². The molecule has 3 N–H and O–H groups in total. The van der Waals surface area contributed by atoms with E-state index in [1.54, 1.807) is 6.07 Å². The number of phenolic OH excluding ortho intramolecular Hbond substituents is 1. The third-order valence-electron chi connectivity index (χ3n) is 6.87. The summed E-state index contributed by atoms with van der Waals surface area (Å²) in [6, 6.07) is 16.4. The monoisotopic (exact) mass is 362 g/mol. The first-order valence-corrected chi connectivity index (χ1v) is 10.0. The Kier molecular flexibility index (Phi) is 3.80. The molecule has 1 amide bonds. The van der Waals surface area contributed by atoms with E-state index < -0.39 is 5.54 Å². The molecule has 1 aliphatic carbocycles. The van der Waals surface area contributed by atoms with Gasteiger partial charge in [0.25, 0.3) is 0 Å². The molecule has 0 spiro atoms. The molecule has 2 aromatic carbocycles. The van der Waals surface area contributed by atoms with Gasteiger partial charge in [0, 0.05) is 12.1 Å². The number of nitrogens with two attached hydrogens (primary N) is 1. The van der Waals surface area contributed by atoms with Crippen LogP contribution in [0, 0.1) is 0 Å². The largest absolute Gasteiger partial charge is 0.508 e. The molecule has 2 fully saturated rings. The summed E-state index contributed by atoms with van der Waals surface area (Å²) in [4.78, 5) is 15.6. The Morgan fingerprint density at radius 2 is 1.63 bits per heavy atom. The van der Waals surface area contributed by atoms with Gasteiger partial charge in [0.1, 0.15) is 11.3 Å². The molecule has 2 bridgehead atoms. The minimum Gasteiger partial charge on any atom is -0.508 e. The number of phenols is 1. The topological polar surface area (TPSA) is 66.6 Å². The van der Waals surface area contributed by atoms with E-state index >= 15 is 0 Å². The first-order valence-electron chi connectivity index (χ1n) is 10.0. The van der Waals surface area contributed by atoms with E-state index in [0.29, 0.717) is 24.5 Å². The maximum atomic E-state index is 13.5. The fourth-order valence-electron chi connectivity index (χ4n) is 5.61. The summed E-state index contributed by atoms with van der Waals surface area (Å²) in [5, 5.41) is 9.81. The highest BCUT2D eigenvalue weighted by Crippen LogP contribution is 2.45. The molecule has 2 atom stereocenters. The Bertz CT molecular complexity index is 854. The second-order valence-electron chi connectivity index (χ2n) is 8.64. The Labute approximate surface area is 160 Å². The molecule has 0 saturated carbocycles. The van der Waals surface area contributed by atoms with Crippen LogP contribution in [0.3, 0.4) is 0 Å². The maximum absolute atomic E-state index is 13.5. The van der Waals surface area contributed by atoms with Crippen LogP contribution in [-0.4, -0.2) is 33.5 Å². The molecule has 3 aliphatic rings. The Morgan fingerprint density at radius 3 is 2.22 bits per heavy atom. The van der Waals surface area contributed by atoms with Crippen molar-refractivity contribution < 1.29 is 9.90 Å². The number of fused-ring (bicyclic) bond motifs is 3. The summed E-state index contributed by atoms with van der Waals surface area (Å²) in [6.45, 7) is 0. The van der Waals surface area contributed by atoms with Crippen molar-refractivity contribution in [3.63, 3.8) is 0 Å². The van der Waals surface area contributed by atoms with Gasteiger partial charge in [-0.25, -0.2) is 0 Å². The Morgan fingerprint density at radius 1 is 1.00 bits per heavy atom. The lowest BCUT2D eigenvalue weighted by Crippen LogP contribution is -2.60. The highest BCUT2D eigenvalue weighted by atomic mass is 16.3. The molecule has 4 nitrogen and oxygen atoms in total. The van der Waals surface area contributed by atoms with Crippen LogP contribution in [0.2, 0.25) is 0 Å². The summed E-state index contributed by atoms with van der Waals surface area (Å²) in [5.74, 6) is 0.872. The van der Waals surface area contributed by atoms with Crippen molar-refractivity contribution in [1.82, 2.24) is 4.90 Å². The van der Waals surface area contributed by atoms with Crippen LogP contribution < -0.4 is 5.73 Å². The van der Waals surface area contributed by atoms with E-state index in [9.17, 15) is 9.90 Å². The van der Waals surface area contributed by atoms with Crippen molar-refractivity contribution in [2.24, 2.45) is 5.73 Å². The van der Waals surface area contributed by atoms with Gasteiger partial charge in [0.2, 0.25) is 5.91 Å². The van der Waals surface area contributed by atoms with Gasteiger partial charge in [-0.1, -0.05) is 36.4 Å².